The van der Waals surface area contributed by atoms with Gasteiger partial charge in [0, 0.05) is 27.1 Å². The number of nitrogens with zero attached hydrogens (tertiary/aromatic N) is 2. The van der Waals surface area contributed by atoms with Crippen LogP contribution in [0.25, 0.3) is 0 Å². The molecule has 0 aliphatic carbocycles. The maximum atomic E-state index is 13.3. The van der Waals surface area contributed by atoms with E-state index in [1.807, 2.05) is 0 Å². The lowest BCUT2D eigenvalue weighted by Crippen LogP contribution is -2.24. The number of halogens is 1. The lowest BCUT2D eigenvalue weighted by Gasteiger charge is -2.11. The number of rotatable bonds is 5. The molecule has 0 fully saturated rings. The molecule has 1 aromatic carbocycles. The zero-order valence-corrected chi connectivity index (χ0v) is 10.1. The van der Waals surface area contributed by atoms with E-state index in [-0.39, 0.29) is 24.6 Å². The van der Waals surface area contributed by atoms with Gasteiger partial charge in [0.1, 0.15) is 5.69 Å². The highest BCUT2D eigenvalue weighted by atomic mass is 19.1. The number of hydrogen-bond acceptors (Lipinski definition) is 4. The van der Waals surface area contributed by atoms with Crippen molar-refractivity contribution in [2.75, 3.05) is 26.0 Å². The summed E-state index contributed by atoms with van der Waals surface area (Å²) >= 11 is 0. The Morgan fingerprint density at radius 1 is 1.50 bits per heavy atom. The number of anilines is 1. The first-order valence-corrected chi connectivity index (χ1v) is 5.30. The largest absolute Gasteiger partial charge is 0.379 e. The Labute approximate surface area is 104 Å². The summed E-state index contributed by atoms with van der Waals surface area (Å²) < 4.78 is 13.3. The van der Waals surface area contributed by atoms with Gasteiger partial charge in [-0.05, 0) is 12.1 Å². The Morgan fingerprint density at radius 3 is 2.72 bits per heavy atom. The minimum atomic E-state index is -0.899. The van der Waals surface area contributed by atoms with Crippen LogP contribution in [0.4, 0.5) is 15.8 Å². The van der Waals surface area contributed by atoms with Gasteiger partial charge in [-0.25, -0.2) is 0 Å². The average molecular weight is 255 g/mol. The third-order valence-electron chi connectivity index (χ3n) is 2.32. The van der Waals surface area contributed by atoms with Crippen LogP contribution in [0.15, 0.2) is 18.2 Å². The zero-order valence-electron chi connectivity index (χ0n) is 10.1. The smallest absolute Gasteiger partial charge is 0.327 e. The molecule has 0 unspecified atom stereocenters. The predicted octanol–water partition coefficient (Wildman–Crippen LogP) is 1.62. The van der Waals surface area contributed by atoms with Crippen molar-refractivity contribution < 1.29 is 14.1 Å². The Morgan fingerprint density at radius 2 is 2.17 bits per heavy atom. The van der Waals surface area contributed by atoms with Gasteiger partial charge < -0.3 is 10.2 Å². The minimum absolute atomic E-state index is 0.0755. The number of hydrogen-bond donors (Lipinski definition) is 1. The molecule has 18 heavy (non-hydrogen) atoms. The second-order valence-electron chi connectivity index (χ2n) is 3.86. The van der Waals surface area contributed by atoms with Gasteiger partial charge in [-0.1, -0.05) is 6.07 Å². The summed E-state index contributed by atoms with van der Waals surface area (Å²) in [6.07, 6.45) is 0.181. The monoisotopic (exact) mass is 255 g/mol. The minimum Gasteiger partial charge on any atom is -0.379 e. The Hall–Kier alpha value is -2.18. The topological polar surface area (TPSA) is 75.5 Å². The SMILES string of the molecule is CN(C)C(=O)CCNc1cccc(F)c1[N+](=O)[O-]. The molecule has 0 saturated heterocycles. The van der Waals surface area contributed by atoms with Crippen LogP contribution in [0, 0.1) is 15.9 Å². The molecule has 1 N–H and O–H groups in total. The van der Waals surface area contributed by atoms with Crippen molar-refractivity contribution in [1.29, 1.82) is 0 Å². The van der Waals surface area contributed by atoms with E-state index < -0.39 is 16.4 Å². The summed E-state index contributed by atoms with van der Waals surface area (Å²) in [6, 6.07) is 3.80. The molecule has 0 radical (unpaired) electrons. The molecule has 0 bridgehead atoms. The zero-order chi connectivity index (χ0) is 13.7. The molecule has 0 aliphatic rings. The normalized spacial score (nSPS) is 9.94. The molecular formula is C11H14FN3O3. The van der Waals surface area contributed by atoms with Crippen LogP contribution in [0.5, 0.6) is 0 Å². The lowest BCUT2D eigenvalue weighted by atomic mass is 10.2. The van der Waals surface area contributed by atoms with Crippen molar-refractivity contribution in [3.8, 4) is 0 Å². The van der Waals surface area contributed by atoms with E-state index in [0.717, 1.165) is 6.07 Å². The van der Waals surface area contributed by atoms with Gasteiger partial charge in [-0.15, -0.1) is 0 Å². The quantitative estimate of drug-likeness (QED) is 0.640. The second kappa shape index (κ2) is 5.95. The fourth-order valence-electron chi connectivity index (χ4n) is 1.37. The fraction of sp³-hybridized carbons (Fsp3) is 0.364. The molecule has 98 valence electrons. The van der Waals surface area contributed by atoms with Crippen molar-refractivity contribution in [1.82, 2.24) is 4.90 Å². The van der Waals surface area contributed by atoms with Gasteiger partial charge in [-0.3, -0.25) is 14.9 Å². The van der Waals surface area contributed by atoms with Crippen LogP contribution in [0.2, 0.25) is 0 Å². The molecule has 1 aromatic rings. The molecule has 1 amide bonds. The Balaban J connectivity index is 2.71. The van der Waals surface area contributed by atoms with Crippen LogP contribution in [0.1, 0.15) is 6.42 Å². The molecular weight excluding hydrogens is 241 g/mol. The molecule has 0 spiro atoms. The van der Waals surface area contributed by atoms with E-state index in [1.165, 1.54) is 17.0 Å². The van der Waals surface area contributed by atoms with Gasteiger partial charge in [0.2, 0.25) is 11.7 Å². The van der Waals surface area contributed by atoms with Crippen LogP contribution in [-0.2, 0) is 4.79 Å². The van der Waals surface area contributed by atoms with Crippen LogP contribution < -0.4 is 5.32 Å². The number of carbonyl (C=O) groups is 1. The lowest BCUT2D eigenvalue weighted by molar-refractivity contribution is -0.386. The van der Waals surface area contributed by atoms with Gasteiger partial charge in [0.05, 0.1) is 4.92 Å². The summed E-state index contributed by atoms with van der Waals surface area (Å²) in [5.41, 5.74) is -0.527. The van der Waals surface area contributed by atoms with Gasteiger partial charge in [0.15, 0.2) is 0 Å². The number of benzene rings is 1. The molecule has 0 aliphatic heterocycles. The highest BCUT2D eigenvalue weighted by Gasteiger charge is 2.19. The van der Waals surface area contributed by atoms with Crippen molar-refractivity contribution in [3.63, 3.8) is 0 Å². The van der Waals surface area contributed by atoms with E-state index >= 15 is 0 Å². The van der Waals surface area contributed by atoms with Crippen LogP contribution >= 0.6 is 0 Å². The first-order chi connectivity index (χ1) is 8.43. The molecule has 0 saturated carbocycles. The summed E-state index contributed by atoms with van der Waals surface area (Å²) in [7, 11) is 3.24. The van der Waals surface area contributed by atoms with E-state index in [9.17, 15) is 19.3 Å². The third-order valence-corrected chi connectivity index (χ3v) is 2.32. The summed E-state index contributed by atoms with van der Waals surface area (Å²) in [5.74, 6) is -1.01. The van der Waals surface area contributed by atoms with E-state index in [1.54, 1.807) is 14.1 Å². The maximum Gasteiger partial charge on any atom is 0.327 e. The maximum absolute atomic E-state index is 13.3. The first-order valence-electron chi connectivity index (χ1n) is 5.30. The third kappa shape index (κ3) is 3.41. The predicted molar refractivity (Wildman–Crippen MR) is 64.9 cm³/mol. The number of amides is 1. The summed E-state index contributed by atoms with van der Waals surface area (Å²) in [5, 5.41) is 13.4. The first kappa shape index (κ1) is 13.9. The van der Waals surface area contributed by atoms with Crippen molar-refractivity contribution in [2.45, 2.75) is 6.42 Å². The highest BCUT2D eigenvalue weighted by molar-refractivity contribution is 5.76. The summed E-state index contributed by atoms with van der Waals surface area (Å²) in [6.45, 7) is 0.210. The van der Waals surface area contributed by atoms with Crippen molar-refractivity contribution in [2.24, 2.45) is 0 Å². The molecule has 0 heterocycles. The number of carbonyl (C=O) groups excluding carboxylic acids is 1. The Bertz CT molecular complexity index is 463. The molecule has 7 heteroatoms. The van der Waals surface area contributed by atoms with E-state index in [0.29, 0.717) is 0 Å². The van der Waals surface area contributed by atoms with Crippen molar-refractivity contribution in [3.05, 3.63) is 34.1 Å². The molecule has 0 atom stereocenters. The van der Waals surface area contributed by atoms with Gasteiger partial charge >= 0.3 is 5.69 Å². The average Bonchev–Trinajstić information content (AvgIpc) is 2.28. The van der Waals surface area contributed by atoms with E-state index in [2.05, 4.69) is 5.32 Å². The molecule has 1 rings (SSSR count). The van der Waals surface area contributed by atoms with Crippen LogP contribution in [-0.4, -0.2) is 36.4 Å². The second-order valence-corrected chi connectivity index (χ2v) is 3.86. The number of para-hydroxylation sites is 1. The molecule has 0 aromatic heterocycles. The number of nitrogens with one attached hydrogen (secondary N) is 1. The van der Waals surface area contributed by atoms with Gasteiger partial charge in [0.25, 0.3) is 0 Å². The van der Waals surface area contributed by atoms with Crippen LogP contribution in [0.3, 0.4) is 0 Å². The summed E-state index contributed by atoms with van der Waals surface area (Å²) in [4.78, 5) is 22.6. The Kier molecular flexibility index (Phi) is 4.59. The van der Waals surface area contributed by atoms with Crippen molar-refractivity contribution >= 4 is 17.3 Å². The van der Waals surface area contributed by atoms with Gasteiger partial charge in [-0.2, -0.15) is 4.39 Å². The molecule has 6 nitrogen and oxygen atoms in total. The number of nitro groups is 1. The number of nitro benzene ring substituents is 1. The fourth-order valence-corrected chi connectivity index (χ4v) is 1.37. The van der Waals surface area contributed by atoms with E-state index in [4.69, 9.17) is 0 Å². The highest BCUT2D eigenvalue weighted by Crippen LogP contribution is 2.26. The standard InChI is InChI=1S/C11H14FN3O3/c1-14(2)10(16)6-7-13-9-5-3-4-8(12)11(9)15(17)18/h3-5,13H,6-7H2,1-2H3.